The number of unbranched alkanes of at least 4 members (excludes halogenated alkanes) is 2. The standard InChI is InChI=1S/C14H25ClF3NO3Si/c1-23(2,3)10-9-22-12(20)11(7-5-4-6-8-15)19-13(21)14(16,17)18/h11H,4-10H2,1-3H3,(H,19,21). The van der Waals surface area contributed by atoms with Crippen LogP contribution in [0.15, 0.2) is 0 Å². The van der Waals surface area contributed by atoms with Gasteiger partial charge in [-0.05, 0) is 18.9 Å². The number of amides is 1. The molecule has 0 spiro atoms. The van der Waals surface area contributed by atoms with Gasteiger partial charge in [-0.15, -0.1) is 11.6 Å². The van der Waals surface area contributed by atoms with E-state index in [2.05, 4.69) is 19.6 Å². The van der Waals surface area contributed by atoms with E-state index < -0.39 is 32.2 Å². The molecule has 0 aliphatic carbocycles. The molecule has 0 saturated heterocycles. The second-order valence-corrected chi connectivity index (χ2v) is 12.5. The lowest BCUT2D eigenvalue weighted by molar-refractivity contribution is -0.176. The normalized spacial score (nSPS) is 13.5. The van der Waals surface area contributed by atoms with Gasteiger partial charge in [0, 0.05) is 14.0 Å². The maximum Gasteiger partial charge on any atom is 0.471 e. The molecule has 0 aromatic rings. The van der Waals surface area contributed by atoms with E-state index in [9.17, 15) is 22.8 Å². The van der Waals surface area contributed by atoms with E-state index in [-0.39, 0.29) is 13.0 Å². The first-order valence-corrected chi connectivity index (χ1v) is 11.8. The predicted molar refractivity (Wildman–Crippen MR) is 86.3 cm³/mol. The fourth-order valence-electron chi connectivity index (χ4n) is 1.67. The van der Waals surface area contributed by atoms with Crippen LogP contribution in [0.1, 0.15) is 25.7 Å². The third-order valence-corrected chi connectivity index (χ3v) is 5.04. The summed E-state index contributed by atoms with van der Waals surface area (Å²) in [5.74, 6) is -2.49. The molecular formula is C14H25ClF3NO3Si. The number of alkyl halides is 4. The summed E-state index contributed by atoms with van der Waals surface area (Å²) in [5, 5.41) is 1.72. The van der Waals surface area contributed by atoms with E-state index in [4.69, 9.17) is 16.3 Å². The second kappa shape index (κ2) is 10.2. The first-order valence-electron chi connectivity index (χ1n) is 7.57. The highest BCUT2D eigenvalue weighted by Crippen LogP contribution is 2.16. The fraction of sp³-hybridized carbons (Fsp3) is 0.857. The van der Waals surface area contributed by atoms with Gasteiger partial charge in [0.15, 0.2) is 0 Å². The minimum Gasteiger partial charge on any atom is -0.464 e. The molecule has 1 atom stereocenters. The van der Waals surface area contributed by atoms with Gasteiger partial charge in [-0.25, -0.2) is 4.79 Å². The van der Waals surface area contributed by atoms with Crippen LogP contribution in [0.25, 0.3) is 0 Å². The summed E-state index contributed by atoms with van der Waals surface area (Å²) in [6.45, 7) is 6.44. The van der Waals surface area contributed by atoms with E-state index in [1.54, 1.807) is 5.32 Å². The van der Waals surface area contributed by atoms with Crippen molar-refractivity contribution in [3.63, 3.8) is 0 Å². The van der Waals surface area contributed by atoms with Gasteiger partial charge in [0.25, 0.3) is 0 Å². The zero-order valence-corrected chi connectivity index (χ0v) is 15.5. The molecule has 4 nitrogen and oxygen atoms in total. The first-order chi connectivity index (χ1) is 10.5. The van der Waals surface area contributed by atoms with Crippen molar-refractivity contribution >= 4 is 31.6 Å². The highest BCUT2D eigenvalue weighted by Gasteiger charge is 2.41. The molecule has 0 rings (SSSR count). The van der Waals surface area contributed by atoms with E-state index >= 15 is 0 Å². The molecule has 1 unspecified atom stereocenters. The van der Waals surface area contributed by atoms with Gasteiger partial charge in [0.1, 0.15) is 6.04 Å². The molecule has 1 N–H and O–H groups in total. The Balaban J connectivity index is 4.56. The molecule has 0 radical (unpaired) electrons. The van der Waals surface area contributed by atoms with Crippen LogP contribution in [0.3, 0.4) is 0 Å². The van der Waals surface area contributed by atoms with Crippen molar-refractivity contribution in [1.29, 1.82) is 0 Å². The Morgan fingerprint density at radius 1 is 1.17 bits per heavy atom. The number of rotatable bonds is 10. The van der Waals surface area contributed by atoms with Crippen molar-refractivity contribution in [2.45, 2.75) is 63.6 Å². The number of carbonyl (C=O) groups excluding carboxylic acids is 2. The number of hydrogen-bond donors (Lipinski definition) is 1. The van der Waals surface area contributed by atoms with Crippen molar-refractivity contribution in [2.24, 2.45) is 0 Å². The van der Waals surface area contributed by atoms with Crippen LogP contribution >= 0.6 is 11.6 Å². The van der Waals surface area contributed by atoms with Gasteiger partial charge in [-0.3, -0.25) is 4.79 Å². The molecule has 0 aromatic carbocycles. The van der Waals surface area contributed by atoms with E-state index in [0.717, 1.165) is 0 Å². The van der Waals surface area contributed by atoms with Crippen LogP contribution in [0.2, 0.25) is 25.7 Å². The number of nitrogens with one attached hydrogen (secondary N) is 1. The van der Waals surface area contributed by atoms with E-state index in [1.807, 2.05) is 0 Å². The summed E-state index contributed by atoms with van der Waals surface area (Å²) in [4.78, 5) is 23.0. The van der Waals surface area contributed by atoms with Crippen molar-refractivity contribution in [3.05, 3.63) is 0 Å². The van der Waals surface area contributed by atoms with Crippen LogP contribution in [0.4, 0.5) is 13.2 Å². The molecule has 23 heavy (non-hydrogen) atoms. The third-order valence-electron chi connectivity index (χ3n) is 3.07. The lowest BCUT2D eigenvalue weighted by atomic mass is 10.1. The van der Waals surface area contributed by atoms with Crippen LogP contribution in [-0.2, 0) is 14.3 Å². The Morgan fingerprint density at radius 3 is 2.26 bits per heavy atom. The van der Waals surface area contributed by atoms with Crippen molar-refractivity contribution < 1.29 is 27.5 Å². The number of hydrogen-bond acceptors (Lipinski definition) is 3. The Bertz CT molecular complexity index is 386. The lowest BCUT2D eigenvalue weighted by Gasteiger charge is -2.20. The minimum absolute atomic E-state index is 0.102. The van der Waals surface area contributed by atoms with Gasteiger partial charge in [-0.1, -0.05) is 32.5 Å². The topological polar surface area (TPSA) is 55.4 Å². The molecule has 1 amide bonds. The van der Waals surface area contributed by atoms with Gasteiger partial charge < -0.3 is 10.1 Å². The van der Waals surface area contributed by atoms with E-state index in [0.29, 0.717) is 31.2 Å². The molecule has 0 bridgehead atoms. The summed E-state index contributed by atoms with van der Waals surface area (Å²) in [7, 11) is -1.42. The number of halogens is 4. The highest BCUT2D eigenvalue weighted by atomic mass is 35.5. The highest BCUT2D eigenvalue weighted by molar-refractivity contribution is 6.76. The number of carbonyl (C=O) groups is 2. The van der Waals surface area contributed by atoms with Crippen molar-refractivity contribution in [3.8, 4) is 0 Å². The van der Waals surface area contributed by atoms with Gasteiger partial charge in [0.2, 0.25) is 0 Å². The summed E-state index contributed by atoms with van der Waals surface area (Å²) >= 11 is 5.53. The van der Waals surface area contributed by atoms with Crippen LogP contribution < -0.4 is 5.32 Å². The third kappa shape index (κ3) is 11.4. The van der Waals surface area contributed by atoms with Crippen LogP contribution in [-0.4, -0.2) is 44.7 Å². The van der Waals surface area contributed by atoms with Gasteiger partial charge in [0.05, 0.1) is 6.61 Å². The molecule has 136 valence electrons. The summed E-state index contributed by atoms with van der Waals surface area (Å²) in [6, 6.07) is -0.564. The summed E-state index contributed by atoms with van der Waals surface area (Å²) < 4.78 is 42.1. The maximum atomic E-state index is 12.3. The molecular weight excluding hydrogens is 351 g/mol. The zero-order chi connectivity index (χ0) is 18.1. The SMILES string of the molecule is C[Si](C)(C)CCOC(=O)C(CCCCCCl)NC(=O)C(F)(F)F. The fourth-order valence-corrected chi connectivity index (χ4v) is 2.57. The lowest BCUT2D eigenvalue weighted by Crippen LogP contribution is -2.47. The second-order valence-electron chi connectivity index (χ2n) is 6.54. The van der Waals surface area contributed by atoms with Crippen LogP contribution in [0.5, 0.6) is 0 Å². The largest absolute Gasteiger partial charge is 0.471 e. The average molecular weight is 376 g/mol. The smallest absolute Gasteiger partial charge is 0.464 e. The first kappa shape index (κ1) is 22.2. The molecule has 0 fully saturated rings. The Morgan fingerprint density at radius 2 is 1.78 bits per heavy atom. The molecule has 0 heterocycles. The van der Waals surface area contributed by atoms with Gasteiger partial charge in [-0.2, -0.15) is 13.2 Å². The van der Waals surface area contributed by atoms with Gasteiger partial charge >= 0.3 is 18.1 Å². The zero-order valence-electron chi connectivity index (χ0n) is 13.8. The minimum atomic E-state index is -5.02. The van der Waals surface area contributed by atoms with Crippen LogP contribution in [0, 0.1) is 0 Å². The Labute approximate surface area is 141 Å². The number of ether oxygens (including phenoxy) is 1. The van der Waals surface area contributed by atoms with E-state index in [1.165, 1.54) is 0 Å². The monoisotopic (exact) mass is 375 g/mol. The van der Waals surface area contributed by atoms with Crippen molar-refractivity contribution in [1.82, 2.24) is 5.32 Å². The average Bonchev–Trinajstić information content (AvgIpc) is 2.39. The quantitative estimate of drug-likeness (QED) is 0.274. The maximum absolute atomic E-state index is 12.3. The summed E-state index contributed by atoms with van der Waals surface area (Å²) in [6.07, 6.45) is -3.06. The molecule has 0 aliphatic heterocycles. The Kier molecular flexibility index (Phi) is 9.84. The molecule has 0 aromatic heterocycles. The van der Waals surface area contributed by atoms with Crippen molar-refractivity contribution in [2.75, 3.05) is 12.5 Å². The molecule has 0 saturated carbocycles. The summed E-state index contributed by atoms with van der Waals surface area (Å²) in [5.41, 5.74) is 0. The predicted octanol–water partition coefficient (Wildman–Crippen LogP) is 3.71. The molecule has 0 aliphatic rings. The Hall–Kier alpha value is -0.763. The number of esters is 1. The molecule has 9 heteroatoms.